The normalized spacial score (nSPS) is 18.3. The first-order chi connectivity index (χ1) is 11.5. The molecule has 2 N–H and O–H groups in total. The van der Waals surface area contributed by atoms with E-state index < -0.39 is 0 Å². The minimum absolute atomic E-state index is 0.151. The first kappa shape index (κ1) is 17.0. The van der Waals surface area contributed by atoms with Crippen molar-refractivity contribution in [2.45, 2.75) is 57.7 Å². The fourth-order valence-electron chi connectivity index (χ4n) is 3.31. The Hall–Kier alpha value is -1.83. The number of nitrogens with two attached hydrogens (primary N) is 1. The first-order valence-corrected chi connectivity index (χ1v) is 9.43. The molecule has 0 saturated carbocycles. The van der Waals surface area contributed by atoms with Gasteiger partial charge < -0.3 is 10.6 Å². The monoisotopic (exact) mass is 348 g/mol. The molecule has 1 saturated heterocycles. The zero-order valence-corrected chi connectivity index (χ0v) is 15.3. The standard InChI is InChI=1S/C16H24N6OS/c1-4-12-11(3)18-15(17)22-14(12)19-20-16(22)24-9-13(23)21-8-6-5-7-10(21)2/h10H,4-9H2,1-3H3,(H2,17,18). The van der Waals surface area contributed by atoms with E-state index in [1.54, 1.807) is 4.40 Å². The number of thioether (sulfide) groups is 1. The van der Waals surface area contributed by atoms with Crippen molar-refractivity contribution in [2.75, 3.05) is 18.0 Å². The number of nitrogen functional groups attached to an aromatic ring is 1. The number of aromatic nitrogens is 4. The van der Waals surface area contributed by atoms with Gasteiger partial charge in [-0.3, -0.25) is 4.79 Å². The molecule has 0 bridgehead atoms. The van der Waals surface area contributed by atoms with Gasteiger partial charge in [0, 0.05) is 23.8 Å². The number of anilines is 1. The number of hydrogen-bond donors (Lipinski definition) is 1. The highest BCUT2D eigenvalue weighted by atomic mass is 32.2. The molecule has 1 unspecified atom stereocenters. The number of nitrogens with zero attached hydrogens (tertiary/aromatic N) is 5. The summed E-state index contributed by atoms with van der Waals surface area (Å²) in [4.78, 5) is 18.9. The quantitative estimate of drug-likeness (QED) is 0.851. The summed E-state index contributed by atoms with van der Waals surface area (Å²) in [5.41, 5.74) is 8.72. The highest BCUT2D eigenvalue weighted by Crippen LogP contribution is 2.25. The number of carbonyl (C=O) groups is 1. The second-order valence-corrected chi connectivity index (χ2v) is 7.19. The Labute approximate surface area is 146 Å². The predicted molar refractivity (Wildman–Crippen MR) is 95.1 cm³/mol. The van der Waals surface area contributed by atoms with E-state index in [1.807, 2.05) is 11.8 Å². The Kier molecular flexibility index (Phi) is 4.93. The molecule has 7 nitrogen and oxygen atoms in total. The first-order valence-electron chi connectivity index (χ1n) is 8.45. The lowest BCUT2D eigenvalue weighted by atomic mass is 10.0. The van der Waals surface area contributed by atoms with Crippen LogP contribution in [0.2, 0.25) is 0 Å². The number of likely N-dealkylation sites (tertiary alicyclic amines) is 1. The van der Waals surface area contributed by atoms with Crippen LogP contribution in [0.1, 0.15) is 44.4 Å². The van der Waals surface area contributed by atoms with Gasteiger partial charge in [-0.2, -0.15) is 0 Å². The average Bonchev–Trinajstić information content (AvgIpc) is 2.97. The minimum atomic E-state index is 0.151. The number of carbonyl (C=O) groups excluding carboxylic acids is 1. The largest absolute Gasteiger partial charge is 0.369 e. The smallest absolute Gasteiger partial charge is 0.233 e. The lowest BCUT2D eigenvalue weighted by Gasteiger charge is -2.33. The van der Waals surface area contributed by atoms with Gasteiger partial charge in [0.15, 0.2) is 10.8 Å². The maximum atomic E-state index is 12.5. The van der Waals surface area contributed by atoms with Gasteiger partial charge in [-0.15, -0.1) is 10.2 Å². The molecule has 1 aliphatic heterocycles. The van der Waals surface area contributed by atoms with Crippen LogP contribution in [0.3, 0.4) is 0 Å². The fraction of sp³-hybridized carbons (Fsp3) is 0.625. The average molecular weight is 348 g/mol. The summed E-state index contributed by atoms with van der Waals surface area (Å²) in [5, 5.41) is 9.12. The van der Waals surface area contributed by atoms with Crippen LogP contribution >= 0.6 is 11.8 Å². The summed E-state index contributed by atoms with van der Waals surface area (Å²) >= 11 is 1.38. The van der Waals surface area contributed by atoms with Crippen molar-refractivity contribution in [3.05, 3.63) is 11.3 Å². The molecule has 1 atom stereocenters. The third kappa shape index (κ3) is 3.07. The molecule has 2 aromatic heterocycles. The van der Waals surface area contributed by atoms with Crippen LogP contribution in [0.15, 0.2) is 5.16 Å². The van der Waals surface area contributed by atoms with E-state index in [0.717, 1.165) is 42.7 Å². The van der Waals surface area contributed by atoms with E-state index in [1.165, 1.54) is 18.2 Å². The number of amides is 1. The topological polar surface area (TPSA) is 89.4 Å². The summed E-state index contributed by atoms with van der Waals surface area (Å²) < 4.78 is 1.75. The van der Waals surface area contributed by atoms with Crippen LogP contribution in [0.5, 0.6) is 0 Å². The fourth-order valence-corrected chi connectivity index (χ4v) is 4.13. The summed E-state index contributed by atoms with van der Waals surface area (Å²) in [6.07, 6.45) is 4.19. The van der Waals surface area contributed by atoms with Gasteiger partial charge in [-0.05, 0) is 39.5 Å². The van der Waals surface area contributed by atoms with Crippen LogP contribution < -0.4 is 5.73 Å². The molecule has 3 rings (SSSR count). The molecule has 24 heavy (non-hydrogen) atoms. The lowest BCUT2D eigenvalue weighted by molar-refractivity contribution is -0.131. The number of aryl methyl sites for hydroxylation is 2. The third-order valence-electron chi connectivity index (χ3n) is 4.65. The Morgan fingerprint density at radius 2 is 2.17 bits per heavy atom. The van der Waals surface area contributed by atoms with Crippen molar-refractivity contribution in [1.29, 1.82) is 0 Å². The maximum absolute atomic E-state index is 12.5. The summed E-state index contributed by atoms with van der Waals surface area (Å²) in [6, 6.07) is 0.322. The van der Waals surface area contributed by atoms with Gasteiger partial charge in [0.2, 0.25) is 11.9 Å². The van der Waals surface area contributed by atoms with Crippen LogP contribution in [0.25, 0.3) is 5.65 Å². The molecule has 1 aliphatic rings. The predicted octanol–water partition coefficient (Wildman–Crippen LogP) is 2.07. The van der Waals surface area contributed by atoms with Gasteiger partial charge in [0.25, 0.3) is 0 Å². The van der Waals surface area contributed by atoms with Crippen molar-refractivity contribution < 1.29 is 4.79 Å². The third-order valence-corrected chi connectivity index (χ3v) is 5.57. The van der Waals surface area contributed by atoms with Crippen LogP contribution in [0, 0.1) is 6.92 Å². The number of hydrogen-bond acceptors (Lipinski definition) is 6. The molecule has 130 valence electrons. The molecule has 2 aromatic rings. The van der Waals surface area contributed by atoms with Crippen molar-refractivity contribution in [3.63, 3.8) is 0 Å². The van der Waals surface area contributed by atoms with Gasteiger partial charge in [0.05, 0.1) is 5.75 Å². The molecular formula is C16H24N6OS. The Morgan fingerprint density at radius 1 is 1.38 bits per heavy atom. The molecule has 3 heterocycles. The number of piperidine rings is 1. The van der Waals surface area contributed by atoms with Crippen molar-refractivity contribution >= 4 is 29.3 Å². The van der Waals surface area contributed by atoms with E-state index in [2.05, 4.69) is 29.0 Å². The van der Waals surface area contributed by atoms with Crippen molar-refractivity contribution in [3.8, 4) is 0 Å². The van der Waals surface area contributed by atoms with E-state index >= 15 is 0 Å². The zero-order valence-electron chi connectivity index (χ0n) is 14.4. The highest BCUT2D eigenvalue weighted by molar-refractivity contribution is 7.99. The SMILES string of the molecule is CCc1c(C)nc(N)n2c(SCC(=O)N3CCCCC3C)nnc12. The van der Waals surface area contributed by atoms with Crippen molar-refractivity contribution in [2.24, 2.45) is 0 Å². The number of rotatable bonds is 4. The lowest BCUT2D eigenvalue weighted by Crippen LogP contribution is -2.42. The minimum Gasteiger partial charge on any atom is -0.369 e. The molecule has 1 amide bonds. The zero-order chi connectivity index (χ0) is 17.3. The second kappa shape index (κ2) is 6.96. The van der Waals surface area contributed by atoms with Crippen LogP contribution in [0.4, 0.5) is 5.95 Å². The van der Waals surface area contributed by atoms with E-state index in [0.29, 0.717) is 22.9 Å². The van der Waals surface area contributed by atoms with Crippen LogP contribution in [-0.4, -0.2) is 48.7 Å². The van der Waals surface area contributed by atoms with Gasteiger partial charge in [-0.25, -0.2) is 9.38 Å². The van der Waals surface area contributed by atoms with Crippen molar-refractivity contribution in [1.82, 2.24) is 24.5 Å². The Bertz CT molecular complexity index is 759. The molecule has 0 radical (unpaired) electrons. The van der Waals surface area contributed by atoms with E-state index in [4.69, 9.17) is 5.73 Å². The molecule has 8 heteroatoms. The molecule has 0 spiro atoms. The van der Waals surface area contributed by atoms with Crippen LogP contribution in [-0.2, 0) is 11.2 Å². The molecule has 0 aliphatic carbocycles. The van der Waals surface area contributed by atoms with Gasteiger partial charge in [0.1, 0.15) is 0 Å². The van der Waals surface area contributed by atoms with E-state index in [-0.39, 0.29) is 5.91 Å². The van der Waals surface area contributed by atoms with Gasteiger partial charge in [-0.1, -0.05) is 18.7 Å². The molecule has 1 fully saturated rings. The number of fused-ring (bicyclic) bond motifs is 1. The summed E-state index contributed by atoms with van der Waals surface area (Å²) in [6.45, 7) is 6.96. The maximum Gasteiger partial charge on any atom is 0.233 e. The Morgan fingerprint density at radius 3 is 2.88 bits per heavy atom. The van der Waals surface area contributed by atoms with Gasteiger partial charge >= 0.3 is 0 Å². The summed E-state index contributed by atoms with van der Waals surface area (Å²) in [7, 11) is 0. The second-order valence-electron chi connectivity index (χ2n) is 6.25. The summed E-state index contributed by atoms with van der Waals surface area (Å²) in [5.74, 6) is 0.865. The highest BCUT2D eigenvalue weighted by Gasteiger charge is 2.24. The molecular weight excluding hydrogens is 324 g/mol. The Balaban J connectivity index is 1.80. The van der Waals surface area contributed by atoms with E-state index in [9.17, 15) is 4.79 Å². The molecule has 0 aromatic carbocycles.